The van der Waals surface area contributed by atoms with Crippen LogP contribution in [-0.2, 0) is 0 Å². The van der Waals surface area contributed by atoms with E-state index in [1.165, 1.54) is 11.3 Å². The van der Waals surface area contributed by atoms with Crippen LogP contribution in [0.4, 0.5) is 5.13 Å². The van der Waals surface area contributed by atoms with Gasteiger partial charge in [0.05, 0.1) is 5.69 Å². The Kier molecular flexibility index (Phi) is 4.44. The maximum absolute atomic E-state index is 12.2. The number of hydrogen-bond acceptors (Lipinski definition) is 4. The minimum Gasteiger partial charge on any atom is -0.364 e. The second-order valence-corrected chi connectivity index (χ2v) is 6.77. The lowest BCUT2D eigenvalue weighted by atomic mass is 10.2. The number of aromatic amines is 1. The van der Waals surface area contributed by atoms with Crippen molar-refractivity contribution in [3.8, 4) is 11.3 Å². The van der Waals surface area contributed by atoms with Crippen molar-refractivity contribution in [1.82, 2.24) is 9.97 Å². The van der Waals surface area contributed by atoms with Gasteiger partial charge in [0.15, 0.2) is 5.13 Å². The second-order valence-electron chi connectivity index (χ2n) is 4.67. The van der Waals surface area contributed by atoms with Crippen LogP contribution in [-0.4, -0.2) is 21.8 Å². The SMILES string of the molecule is NC(=O)c1cc(-c2csc(NC(=O)c3ccc(I)cc3)n2)c[nH]1. The van der Waals surface area contributed by atoms with Gasteiger partial charge >= 0.3 is 0 Å². The lowest BCUT2D eigenvalue weighted by molar-refractivity contribution is 0.0994. The molecule has 0 aliphatic carbocycles. The van der Waals surface area contributed by atoms with Crippen molar-refractivity contribution < 1.29 is 9.59 Å². The predicted octanol–water partition coefficient (Wildman–Crippen LogP) is 3.09. The number of nitrogens with zero attached hydrogens (tertiary/aromatic N) is 1. The minimum atomic E-state index is -0.529. The van der Waals surface area contributed by atoms with E-state index in [1.807, 2.05) is 12.1 Å². The van der Waals surface area contributed by atoms with Gasteiger partial charge in [0, 0.05) is 26.3 Å². The zero-order chi connectivity index (χ0) is 16.4. The number of carbonyl (C=O) groups is 2. The van der Waals surface area contributed by atoms with Gasteiger partial charge in [0.25, 0.3) is 11.8 Å². The number of amides is 2. The molecular weight excluding hydrogens is 427 g/mol. The van der Waals surface area contributed by atoms with Gasteiger partial charge in [-0.05, 0) is 52.9 Å². The monoisotopic (exact) mass is 438 g/mol. The summed E-state index contributed by atoms with van der Waals surface area (Å²) >= 11 is 3.50. The quantitative estimate of drug-likeness (QED) is 0.546. The molecule has 0 aliphatic rings. The average molecular weight is 438 g/mol. The van der Waals surface area contributed by atoms with E-state index in [2.05, 4.69) is 37.9 Å². The molecule has 2 amide bonds. The van der Waals surface area contributed by atoms with Gasteiger partial charge in [-0.2, -0.15) is 0 Å². The third-order valence-electron chi connectivity index (χ3n) is 3.08. The van der Waals surface area contributed by atoms with Crippen LogP contribution in [0, 0.1) is 3.57 Å². The molecule has 2 aromatic heterocycles. The molecule has 1 aromatic carbocycles. The molecule has 3 rings (SSSR count). The van der Waals surface area contributed by atoms with Crippen LogP contribution >= 0.6 is 33.9 Å². The molecule has 0 aliphatic heterocycles. The Morgan fingerprint density at radius 1 is 1.26 bits per heavy atom. The first-order valence-electron chi connectivity index (χ1n) is 6.54. The predicted molar refractivity (Wildman–Crippen MR) is 97.5 cm³/mol. The van der Waals surface area contributed by atoms with E-state index in [1.54, 1.807) is 29.8 Å². The highest BCUT2D eigenvalue weighted by Gasteiger charge is 2.12. The number of carbonyl (C=O) groups excluding carboxylic acids is 2. The second kappa shape index (κ2) is 6.50. The number of primary amides is 1. The summed E-state index contributed by atoms with van der Waals surface area (Å²) < 4.78 is 1.06. The lowest BCUT2D eigenvalue weighted by Crippen LogP contribution is -2.11. The fourth-order valence-corrected chi connectivity index (χ4v) is 2.99. The molecule has 0 bridgehead atoms. The maximum atomic E-state index is 12.2. The molecule has 0 spiro atoms. The number of thiazole rings is 1. The molecule has 0 fully saturated rings. The minimum absolute atomic E-state index is 0.214. The number of anilines is 1. The highest BCUT2D eigenvalue weighted by atomic mass is 127. The summed E-state index contributed by atoms with van der Waals surface area (Å²) in [6.07, 6.45) is 1.65. The van der Waals surface area contributed by atoms with Crippen molar-refractivity contribution in [2.75, 3.05) is 5.32 Å². The summed E-state index contributed by atoms with van der Waals surface area (Å²) in [7, 11) is 0. The standard InChI is InChI=1S/C15H11IN4O2S/c16-10-3-1-8(2-4-10)14(22)20-15-19-12(7-23-15)9-5-11(13(17)21)18-6-9/h1-7,18H,(H2,17,21)(H,19,20,22). The molecule has 0 unspecified atom stereocenters. The largest absolute Gasteiger partial charge is 0.364 e. The van der Waals surface area contributed by atoms with Gasteiger partial charge in [-0.15, -0.1) is 11.3 Å². The van der Waals surface area contributed by atoms with Crippen LogP contribution in [0.3, 0.4) is 0 Å². The first-order valence-corrected chi connectivity index (χ1v) is 8.50. The maximum Gasteiger partial charge on any atom is 0.265 e. The Morgan fingerprint density at radius 3 is 2.65 bits per heavy atom. The number of H-pyrrole nitrogens is 1. The van der Waals surface area contributed by atoms with E-state index >= 15 is 0 Å². The fraction of sp³-hybridized carbons (Fsp3) is 0. The summed E-state index contributed by atoms with van der Waals surface area (Å²) in [4.78, 5) is 30.4. The van der Waals surface area contributed by atoms with Crippen molar-refractivity contribution in [2.24, 2.45) is 5.73 Å². The highest BCUT2D eigenvalue weighted by molar-refractivity contribution is 14.1. The molecule has 0 atom stereocenters. The summed E-state index contributed by atoms with van der Waals surface area (Å²) in [5, 5.41) is 5.06. The molecule has 116 valence electrons. The van der Waals surface area contributed by atoms with E-state index < -0.39 is 5.91 Å². The van der Waals surface area contributed by atoms with Crippen molar-refractivity contribution in [3.63, 3.8) is 0 Å². The Morgan fingerprint density at radius 2 is 2.00 bits per heavy atom. The number of nitrogens with two attached hydrogens (primary N) is 1. The van der Waals surface area contributed by atoms with Gasteiger partial charge in [0.1, 0.15) is 5.69 Å². The van der Waals surface area contributed by atoms with Gasteiger partial charge in [-0.1, -0.05) is 0 Å². The molecular formula is C15H11IN4O2S. The van der Waals surface area contributed by atoms with E-state index in [-0.39, 0.29) is 5.91 Å². The summed E-state index contributed by atoms with van der Waals surface area (Å²) in [6, 6.07) is 8.89. The Labute approximate surface area is 149 Å². The van der Waals surface area contributed by atoms with Crippen LogP contribution in [0.1, 0.15) is 20.8 Å². The third kappa shape index (κ3) is 3.59. The molecule has 4 N–H and O–H groups in total. The van der Waals surface area contributed by atoms with E-state index in [0.717, 1.165) is 9.13 Å². The van der Waals surface area contributed by atoms with Crippen LogP contribution in [0.5, 0.6) is 0 Å². The van der Waals surface area contributed by atoms with Crippen LogP contribution < -0.4 is 11.1 Å². The smallest absolute Gasteiger partial charge is 0.265 e. The Balaban J connectivity index is 1.75. The average Bonchev–Trinajstić information content (AvgIpc) is 3.16. The van der Waals surface area contributed by atoms with E-state index in [9.17, 15) is 9.59 Å². The molecule has 8 heteroatoms. The van der Waals surface area contributed by atoms with Crippen molar-refractivity contribution in [1.29, 1.82) is 0 Å². The molecule has 6 nitrogen and oxygen atoms in total. The first kappa shape index (κ1) is 15.7. The van der Waals surface area contributed by atoms with Gasteiger partial charge in [0.2, 0.25) is 0 Å². The van der Waals surface area contributed by atoms with Crippen molar-refractivity contribution in [2.45, 2.75) is 0 Å². The summed E-state index contributed by atoms with van der Waals surface area (Å²) in [5.41, 5.74) is 7.50. The van der Waals surface area contributed by atoms with Crippen LogP contribution in [0.15, 0.2) is 41.9 Å². The summed E-state index contributed by atoms with van der Waals surface area (Å²) in [5.74, 6) is -0.743. The zero-order valence-electron chi connectivity index (χ0n) is 11.7. The van der Waals surface area contributed by atoms with Gasteiger partial charge in [-0.25, -0.2) is 4.98 Å². The Hall–Kier alpha value is -2.20. The molecule has 0 saturated heterocycles. The number of nitrogens with one attached hydrogen (secondary N) is 2. The highest BCUT2D eigenvalue weighted by Crippen LogP contribution is 2.25. The number of aromatic nitrogens is 2. The fourth-order valence-electron chi connectivity index (χ4n) is 1.92. The first-order chi connectivity index (χ1) is 11.0. The molecule has 0 radical (unpaired) electrons. The molecule has 2 heterocycles. The Bertz CT molecular complexity index is 870. The zero-order valence-corrected chi connectivity index (χ0v) is 14.6. The summed E-state index contributed by atoms with van der Waals surface area (Å²) in [6.45, 7) is 0. The number of halogens is 1. The number of rotatable bonds is 4. The van der Waals surface area contributed by atoms with Gasteiger partial charge in [-0.3, -0.25) is 14.9 Å². The van der Waals surface area contributed by atoms with Crippen molar-refractivity contribution in [3.05, 3.63) is 56.7 Å². The number of benzene rings is 1. The van der Waals surface area contributed by atoms with E-state index in [4.69, 9.17) is 5.73 Å². The van der Waals surface area contributed by atoms with Gasteiger partial charge < -0.3 is 10.7 Å². The topological polar surface area (TPSA) is 101 Å². The van der Waals surface area contributed by atoms with Crippen LogP contribution in [0.25, 0.3) is 11.3 Å². The molecule has 0 saturated carbocycles. The van der Waals surface area contributed by atoms with E-state index in [0.29, 0.717) is 22.1 Å². The molecule has 3 aromatic rings. The normalized spacial score (nSPS) is 10.5. The van der Waals surface area contributed by atoms with Crippen molar-refractivity contribution >= 4 is 50.9 Å². The number of hydrogen-bond donors (Lipinski definition) is 3. The lowest BCUT2D eigenvalue weighted by Gasteiger charge is -2.01. The molecule has 23 heavy (non-hydrogen) atoms. The van der Waals surface area contributed by atoms with Crippen LogP contribution in [0.2, 0.25) is 0 Å². The third-order valence-corrected chi connectivity index (χ3v) is 4.55.